The predicted molar refractivity (Wildman–Crippen MR) is 156 cm³/mol. The summed E-state index contributed by atoms with van der Waals surface area (Å²) in [6.45, 7) is 5.86. The van der Waals surface area contributed by atoms with Gasteiger partial charge in [0.15, 0.2) is 5.78 Å². The van der Waals surface area contributed by atoms with Crippen molar-refractivity contribution in [2.75, 3.05) is 7.11 Å². The summed E-state index contributed by atoms with van der Waals surface area (Å²) in [7, 11) is 1.36. The number of halogens is 4. The second-order valence-electron chi connectivity index (χ2n) is 11.7. The molecule has 0 unspecified atom stereocenters. The molecule has 220 valence electrons. The van der Waals surface area contributed by atoms with E-state index in [1.165, 1.54) is 55.6 Å². The molecule has 6 nitrogen and oxygen atoms in total. The van der Waals surface area contributed by atoms with E-state index in [9.17, 15) is 20.0 Å². The standard InChI is InChI=1S/C32H30Cl2F2N2O4/c1-31(2,3)15-26-32(16-37,21-11-10-19(33)14-23(21)35)27(20-6-5-7-22(34)28(20)36)29(38-26)24(39)12-17-8-9-18(30(40)41)13-25(17)42-4/h5-11,13-14,26-27,29,38H,12,15H2,1-4H3,(H,40,41)/t26-,27-,29-,32-/m0/s1. The highest BCUT2D eigenvalue weighted by Crippen LogP contribution is 2.53. The van der Waals surface area contributed by atoms with Gasteiger partial charge in [-0.25, -0.2) is 13.6 Å². The molecule has 1 fully saturated rings. The van der Waals surface area contributed by atoms with Crippen molar-refractivity contribution in [2.45, 2.75) is 57.0 Å². The van der Waals surface area contributed by atoms with Crippen molar-refractivity contribution in [1.29, 1.82) is 5.26 Å². The number of carbonyl (C=O) groups excluding carboxylic acids is 1. The highest BCUT2D eigenvalue weighted by molar-refractivity contribution is 6.31. The number of benzene rings is 3. The Bertz CT molecular complexity index is 1580. The Balaban J connectivity index is 1.95. The van der Waals surface area contributed by atoms with E-state index in [0.29, 0.717) is 12.0 Å². The number of ketones is 1. The molecule has 42 heavy (non-hydrogen) atoms. The lowest BCUT2D eigenvalue weighted by atomic mass is 9.62. The van der Waals surface area contributed by atoms with E-state index >= 15 is 8.78 Å². The lowest BCUT2D eigenvalue weighted by Crippen LogP contribution is -2.44. The first kappa shape index (κ1) is 31.4. The zero-order valence-corrected chi connectivity index (χ0v) is 25.0. The molecule has 1 saturated heterocycles. The lowest BCUT2D eigenvalue weighted by Gasteiger charge is -2.37. The Morgan fingerprint density at radius 1 is 1.12 bits per heavy atom. The van der Waals surface area contributed by atoms with Crippen LogP contribution in [0.15, 0.2) is 54.6 Å². The maximum atomic E-state index is 15.8. The molecule has 4 rings (SSSR count). The number of methoxy groups -OCH3 is 1. The van der Waals surface area contributed by atoms with Crippen LogP contribution in [0.3, 0.4) is 0 Å². The number of rotatable bonds is 8. The van der Waals surface area contributed by atoms with E-state index in [1.807, 2.05) is 20.8 Å². The van der Waals surface area contributed by atoms with Gasteiger partial charge >= 0.3 is 5.97 Å². The van der Waals surface area contributed by atoms with Crippen molar-refractivity contribution in [3.63, 3.8) is 0 Å². The third-order valence-electron chi connectivity index (χ3n) is 7.69. The smallest absolute Gasteiger partial charge is 0.335 e. The summed E-state index contributed by atoms with van der Waals surface area (Å²) < 4.78 is 36.9. The van der Waals surface area contributed by atoms with E-state index in [2.05, 4.69) is 11.4 Å². The number of nitrogens with zero attached hydrogens (tertiary/aromatic N) is 1. The number of hydrogen-bond donors (Lipinski definition) is 2. The Morgan fingerprint density at radius 3 is 2.43 bits per heavy atom. The van der Waals surface area contributed by atoms with Crippen LogP contribution in [0.1, 0.15) is 60.2 Å². The summed E-state index contributed by atoms with van der Waals surface area (Å²) in [6.07, 6.45) is 0.105. The van der Waals surface area contributed by atoms with Gasteiger partial charge in [0.05, 0.1) is 29.8 Å². The monoisotopic (exact) mass is 614 g/mol. The van der Waals surface area contributed by atoms with Crippen LogP contribution >= 0.6 is 23.2 Å². The minimum Gasteiger partial charge on any atom is -0.496 e. The predicted octanol–water partition coefficient (Wildman–Crippen LogP) is 7.11. The minimum atomic E-state index is -1.74. The van der Waals surface area contributed by atoms with E-state index in [4.69, 9.17) is 27.9 Å². The molecule has 0 amide bonds. The SMILES string of the molecule is COc1cc(C(=O)O)ccc1CC(=O)[C@@H]1N[C@@H](CC(C)(C)C)[C@](C#N)(c2ccc(Cl)cc2F)[C@H]1c1cccc(Cl)c1F. The van der Waals surface area contributed by atoms with Crippen molar-refractivity contribution in [1.82, 2.24) is 5.32 Å². The van der Waals surface area contributed by atoms with Crippen LogP contribution in [-0.2, 0) is 16.6 Å². The summed E-state index contributed by atoms with van der Waals surface area (Å²) >= 11 is 12.3. The normalized spacial score (nSPS) is 22.0. The van der Waals surface area contributed by atoms with E-state index < -0.39 is 46.8 Å². The molecule has 10 heteroatoms. The van der Waals surface area contributed by atoms with Crippen LogP contribution in [0, 0.1) is 28.4 Å². The Morgan fingerprint density at radius 2 is 1.83 bits per heavy atom. The molecule has 0 aliphatic carbocycles. The van der Waals surface area contributed by atoms with Gasteiger partial charge in [-0.3, -0.25) is 4.79 Å². The van der Waals surface area contributed by atoms with Gasteiger partial charge in [-0.2, -0.15) is 5.26 Å². The van der Waals surface area contributed by atoms with E-state index in [1.54, 1.807) is 0 Å². The second kappa shape index (κ2) is 12.0. The van der Waals surface area contributed by atoms with Crippen molar-refractivity contribution in [3.8, 4) is 11.8 Å². The fourth-order valence-corrected chi connectivity index (χ4v) is 6.27. The summed E-state index contributed by atoms with van der Waals surface area (Å²) in [6, 6.07) is 12.8. The van der Waals surface area contributed by atoms with E-state index in [0.717, 1.165) is 6.07 Å². The van der Waals surface area contributed by atoms with Gasteiger partial charge in [-0.15, -0.1) is 0 Å². The van der Waals surface area contributed by atoms with Gasteiger partial charge in [0.2, 0.25) is 0 Å². The molecule has 3 aromatic rings. The zero-order chi connectivity index (χ0) is 31.0. The molecule has 0 bridgehead atoms. The third kappa shape index (κ3) is 5.87. The number of carboxylic acids is 1. The second-order valence-corrected chi connectivity index (χ2v) is 12.5. The molecule has 1 aliphatic rings. The summed E-state index contributed by atoms with van der Waals surface area (Å²) in [5.41, 5.74) is -1.76. The number of nitriles is 1. The van der Waals surface area contributed by atoms with Crippen LogP contribution < -0.4 is 10.1 Å². The van der Waals surface area contributed by atoms with Crippen LogP contribution in [-0.4, -0.2) is 36.1 Å². The lowest BCUT2D eigenvalue weighted by molar-refractivity contribution is -0.120. The highest BCUT2D eigenvalue weighted by atomic mass is 35.5. The number of nitrogens with one attached hydrogen (secondary N) is 1. The molecule has 2 N–H and O–H groups in total. The van der Waals surface area contributed by atoms with Crippen molar-refractivity contribution in [3.05, 3.63) is 98.5 Å². The molecule has 0 saturated carbocycles. The summed E-state index contributed by atoms with van der Waals surface area (Å²) in [5.74, 6) is -4.15. The number of carboxylic acid groups (broad SMARTS) is 1. The maximum absolute atomic E-state index is 15.8. The molecule has 3 aromatic carbocycles. The number of aromatic carboxylic acids is 1. The average molecular weight is 616 g/mol. The first-order chi connectivity index (χ1) is 19.7. The van der Waals surface area contributed by atoms with Gasteiger partial charge in [-0.05, 0) is 47.7 Å². The molecule has 0 aromatic heterocycles. The number of carbonyl (C=O) groups is 2. The zero-order valence-electron chi connectivity index (χ0n) is 23.5. The average Bonchev–Trinajstić information content (AvgIpc) is 3.23. The van der Waals surface area contributed by atoms with Gasteiger partial charge in [-0.1, -0.05) is 68.2 Å². The largest absolute Gasteiger partial charge is 0.496 e. The Labute approximate surface area is 253 Å². The molecule has 1 aliphatic heterocycles. The summed E-state index contributed by atoms with van der Waals surface area (Å²) in [4.78, 5) is 25.6. The fourth-order valence-electron chi connectivity index (χ4n) is 5.93. The number of Topliss-reactive ketones (excluding diaryl/α,β-unsaturated/α-hetero) is 1. The molecular formula is C32H30Cl2F2N2O4. The van der Waals surface area contributed by atoms with E-state index in [-0.39, 0.29) is 44.3 Å². The molecule has 4 atom stereocenters. The topological polar surface area (TPSA) is 99.4 Å². The van der Waals surface area contributed by atoms with Gasteiger partial charge < -0.3 is 15.2 Å². The van der Waals surface area contributed by atoms with Crippen molar-refractivity contribution >= 4 is 35.0 Å². The quantitative estimate of drug-likeness (QED) is 0.280. The first-order valence-corrected chi connectivity index (χ1v) is 14.0. The van der Waals surface area contributed by atoms with Gasteiger partial charge in [0, 0.05) is 34.5 Å². The molecule has 0 spiro atoms. The first-order valence-electron chi connectivity index (χ1n) is 13.2. The highest BCUT2D eigenvalue weighted by Gasteiger charge is 2.60. The van der Waals surface area contributed by atoms with Gasteiger partial charge in [0.1, 0.15) is 22.8 Å². The fraction of sp³-hybridized carbons (Fsp3) is 0.344. The van der Waals surface area contributed by atoms with Crippen LogP contribution in [0.4, 0.5) is 8.78 Å². The molecule has 1 heterocycles. The maximum Gasteiger partial charge on any atom is 0.335 e. The Hall–Kier alpha value is -3.51. The Kier molecular flexibility index (Phi) is 8.98. The molecule has 0 radical (unpaired) electrons. The van der Waals surface area contributed by atoms with Gasteiger partial charge in [0.25, 0.3) is 0 Å². The summed E-state index contributed by atoms with van der Waals surface area (Å²) in [5, 5.41) is 23.5. The number of ether oxygens (including phenoxy) is 1. The van der Waals surface area contributed by atoms with Crippen LogP contribution in [0.25, 0.3) is 0 Å². The van der Waals surface area contributed by atoms with Crippen LogP contribution in [0.2, 0.25) is 10.0 Å². The van der Waals surface area contributed by atoms with Crippen LogP contribution in [0.5, 0.6) is 5.75 Å². The third-order valence-corrected chi connectivity index (χ3v) is 8.22. The van der Waals surface area contributed by atoms with Crippen molar-refractivity contribution < 1.29 is 28.2 Å². The number of hydrogen-bond acceptors (Lipinski definition) is 5. The van der Waals surface area contributed by atoms with Crippen molar-refractivity contribution in [2.24, 2.45) is 5.41 Å². The molecular weight excluding hydrogens is 585 g/mol. The minimum absolute atomic E-state index is 0.00570.